The summed E-state index contributed by atoms with van der Waals surface area (Å²) >= 11 is 0. The molecule has 0 aliphatic carbocycles. The van der Waals surface area contributed by atoms with Gasteiger partial charge in [-0.25, -0.2) is 9.36 Å². The Kier molecular flexibility index (Phi) is 5.39. The topological polar surface area (TPSA) is 100 Å². The van der Waals surface area contributed by atoms with Crippen molar-refractivity contribution in [3.63, 3.8) is 0 Å². The summed E-state index contributed by atoms with van der Waals surface area (Å²) in [6, 6.07) is 8.88. The van der Waals surface area contributed by atoms with E-state index in [0.717, 1.165) is 10.3 Å². The molecule has 2 aromatic rings. The lowest BCUT2D eigenvalue weighted by atomic mass is 10.2. The summed E-state index contributed by atoms with van der Waals surface area (Å²) < 4.78 is 1.99. The van der Waals surface area contributed by atoms with Gasteiger partial charge in [0.15, 0.2) is 0 Å². The van der Waals surface area contributed by atoms with Crippen LogP contribution in [-0.4, -0.2) is 29.1 Å². The number of aromatic nitrogens is 2. The van der Waals surface area contributed by atoms with Crippen LogP contribution in [0.2, 0.25) is 0 Å². The van der Waals surface area contributed by atoms with Crippen molar-refractivity contribution in [1.29, 1.82) is 5.26 Å². The Morgan fingerprint density at radius 2 is 1.88 bits per heavy atom. The van der Waals surface area contributed by atoms with E-state index >= 15 is 0 Å². The molecule has 0 saturated heterocycles. The molecule has 0 bridgehead atoms. The van der Waals surface area contributed by atoms with Crippen molar-refractivity contribution < 1.29 is 4.79 Å². The van der Waals surface area contributed by atoms with Crippen LogP contribution in [0.5, 0.6) is 0 Å². The predicted octanol–water partition coefficient (Wildman–Crippen LogP) is 0.606. The molecule has 1 aromatic carbocycles. The molecule has 0 aliphatic heterocycles. The van der Waals surface area contributed by atoms with E-state index in [9.17, 15) is 14.4 Å². The van der Waals surface area contributed by atoms with Gasteiger partial charge in [0.1, 0.15) is 18.2 Å². The van der Waals surface area contributed by atoms with Crippen molar-refractivity contribution in [3.05, 3.63) is 56.9 Å². The first-order chi connectivity index (χ1) is 11.9. The molecule has 1 N–H and O–H groups in total. The van der Waals surface area contributed by atoms with Crippen LogP contribution in [0.4, 0.5) is 11.4 Å². The normalized spacial score (nSPS) is 10.2. The maximum Gasteiger partial charge on any atom is 0.331 e. The van der Waals surface area contributed by atoms with Crippen molar-refractivity contribution in [2.75, 3.05) is 24.3 Å². The fraction of sp³-hybridized carbons (Fsp3) is 0.294. The molecule has 0 spiro atoms. The van der Waals surface area contributed by atoms with Crippen LogP contribution in [-0.2, 0) is 17.9 Å². The Morgan fingerprint density at radius 3 is 2.40 bits per heavy atom. The van der Waals surface area contributed by atoms with Crippen LogP contribution in [0.1, 0.15) is 12.5 Å². The Hall–Kier alpha value is -3.34. The standard InChI is InChI=1S/C17H19N5O3/c1-4-21-10-12(9-18)16(24)22(17(21)25)11-15(23)19-13-5-7-14(8-6-13)20(2)3/h5-8,10H,4,11H2,1-3H3,(H,19,23). The van der Waals surface area contributed by atoms with Crippen LogP contribution >= 0.6 is 0 Å². The molecule has 25 heavy (non-hydrogen) atoms. The van der Waals surface area contributed by atoms with Crippen molar-refractivity contribution >= 4 is 17.3 Å². The van der Waals surface area contributed by atoms with E-state index in [0.29, 0.717) is 12.2 Å². The van der Waals surface area contributed by atoms with Crippen LogP contribution in [0.25, 0.3) is 0 Å². The number of aryl methyl sites for hydroxylation is 1. The van der Waals surface area contributed by atoms with Crippen molar-refractivity contribution in [1.82, 2.24) is 9.13 Å². The highest BCUT2D eigenvalue weighted by molar-refractivity contribution is 5.90. The van der Waals surface area contributed by atoms with Crippen LogP contribution in [0.3, 0.4) is 0 Å². The van der Waals surface area contributed by atoms with E-state index < -0.39 is 23.7 Å². The smallest absolute Gasteiger partial charge is 0.331 e. The molecular formula is C17H19N5O3. The first kappa shape index (κ1) is 18.0. The zero-order chi connectivity index (χ0) is 18.6. The highest BCUT2D eigenvalue weighted by Gasteiger charge is 2.14. The fourth-order valence-electron chi connectivity index (χ4n) is 2.28. The highest BCUT2D eigenvalue weighted by Crippen LogP contribution is 2.15. The van der Waals surface area contributed by atoms with E-state index in [4.69, 9.17) is 5.26 Å². The zero-order valence-electron chi connectivity index (χ0n) is 14.3. The predicted molar refractivity (Wildman–Crippen MR) is 94.7 cm³/mol. The van der Waals surface area contributed by atoms with E-state index in [1.807, 2.05) is 31.1 Å². The van der Waals surface area contributed by atoms with Gasteiger partial charge in [-0.15, -0.1) is 0 Å². The van der Waals surface area contributed by atoms with Crippen LogP contribution in [0, 0.1) is 11.3 Å². The number of nitriles is 1. The summed E-state index contributed by atoms with van der Waals surface area (Å²) in [5, 5.41) is 11.6. The Balaban J connectivity index is 2.25. The molecule has 1 aromatic heterocycles. The number of hydrogen-bond acceptors (Lipinski definition) is 5. The summed E-state index contributed by atoms with van der Waals surface area (Å²) in [7, 11) is 3.81. The summed E-state index contributed by atoms with van der Waals surface area (Å²) in [6.07, 6.45) is 1.21. The molecule has 2 rings (SSSR count). The van der Waals surface area contributed by atoms with Crippen LogP contribution < -0.4 is 21.5 Å². The molecule has 130 valence electrons. The minimum absolute atomic E-state index is 0.176. The van der Waals surface area contributed by atoms with Gasteiger partial charge in [-0.2, -0.15) is 5.26 Å². The molecule has 1 heterocycles. The van der Waals surface area contributed by atoms with Gasteiger partial charge in [0.05, 0.1) is 0 Å². The second kappa shape index (κ2) is 7.49. The lowest BCUT2D eigenvalue weighted by Crippen LogP contribution is -2.43. The Morgan fingerprint density at radius 1 is 1.24 bits per heavy atom. The number of rotatable bonds is 5. The number of carbonyl (C=O) groups excluding carboxylic acids is 1. The first-order valence-electron chi connectivity index (χ1n) is 7.69. The minimum atomic E-state index is -0.768. The lowest BCUT2D eigenvalue weighted by molar-refractivity contribution is -0.116. The minimum Gasteiger partial charge on any atom is -0.378 e. The summed E-state index contributed by atoms with van der Waals surface area (Å²) in [5.41, 5.74) is -0.0397. The van der Waals surface area contributed by atoms with E-state index in [2.05, 4.69) is 5.32 Å². The monoisotopic (exact) mass is 341 g/mol. The number of hydrogen-bond donors (Lipinski definition) is 1. The molecule has 8 heteroatoms. The van der Waals surface area contributed by atoms with Crippen molar-refractivity contribution in [3.8, 4) is 6.07 Å². The quantitative estimate of drug-likeness (QED) is 0.859. The Bertz CT molecular complexity index is 933. The number of anilines is 2. The van der Waals surface area contributed by atoms with E-state index in [1.165, 1.54) is 10.8 Å². The molecule has 1 amide bonds. The summed E-state index contributed by atoms with van der Waals surface area (Å²) in [5.74, 6) is -0.519. The van der Waals surface area contributed by atoms with Gasteiger partial charge in [-0.1, -0.05) is 0 Å². The number of nitrogens with zero attached hydrogens (tertiary/aromatic N) is 4. The third-order valence-electron chi connectivity index (χ3n) is 3.67. The number of nitrogens with one attached hydrogen (secondary N) is 1. The third-order valence-corrected chi connectivity index (χ3v) is 3.67. The molecule has 8 nitrogen and oxygen atoms in total. The van der Waals surface area contributed by atoms with E-state index in [1.54, 1.807) is 25.1 Å². The SMILES string of the molecule is CCn1cc(C#N)c(=O)n(CC(=O)Nc2ccc(N(C)C)cc2)c1=O. The van der Waals surface area contributed by atoms with Gasteiger partial charge in [-0.05, 0) is 31.2 Å². The maximum atomic E-state index is 12.2. The average molecular weight is 341 g/mol. The average Bonchev–Trinajstić information content (AvgIpc) is 2.59. The lowest BCUT2D eigenvalue weighted by Gasteiger charge is -2.13. The maximum absolute atomic E-state index is 12.2. The van der Waals surface area contributed by atoms with Gasteiger partial charge in [0.2, 0.25) is 5.91 Å². The molecular weight excluding hydrogens is 322 g/mol. The van der Waals surface area contributed by atoms with Crippen LogP contribution in [0.15, 0.2) is 40.1 Å². The fourth-order valence-corrected chi connectivity index (χ4v) is 2.28. The number of carbonyl (C=O) groups is 1. The van der Waals surface area contributed by atoms with Gasteiger partial charge in [-0.3, -0.25) is 14.2 Å². The second-order valence-corrected chi connectivity index (χ2v) is 5.60. The van der Waals surface area contributed by atoms with Crippen molar-refractivity contribution in [2.24, 2.45) is 0 Å². The summed E-state index contributed by atoms with van der Waals surface area (Å²) in [4.78, 5) is 38.5. The Labute approximate surface area is 144 Å². The highest BCUT2D eigenvalue weighted by atomic mass is 16.2. The first-order valence-corrected chi connectivity index (χ1v) is 7.69. The van der Waals surface area contributed by atoms with Gasteiger partial charge in [0, 0.05) is 38.2 Å². The van der Waals surface area contributed by atoms with Gasteiger partial charge in [0.25, 0.3) is 5.56 Å². The molecule has 0 saturated carbocycles. The largest absolute Gasteiger partial charge is 0.378 e. The van der Waals surface area contributed by atoms with E-state index in [-0.39, 0.29) is 5.56 Å². The zero-order valence-corrected chi connectivity index (χ0v) is 14.3. The molecule has 0 unspecified atom stereocenters. The number of benzene rings is 1. The third kappa shape index (κ3) is 3.95. The number of amides is 1. The molecule has 0 aliphatic rings. The molecule has 0 fully saturated rings. The molecule has 0 radical (unpaired) electrons. The van der Waals surface area contributed by atoms with Gasteiger partial charge >= 0.3 is 5.69 Å². The second-order valence-electron chi connectivity index (χ2n) is 5.60. The van der Waals surface area contributed by atoms with Gasteiger partial charge < -0.3 is 10.2 Å². The molecule has 0 atom stereocenters. The van der Waals surface area contributed by atoms with Crippen molar-refractivity contribution in [2.45, 2.75) is 20.0 Å². The summed E-state index contributed by atoms with van der Waals surface area (Å²) in [6.45, 7) is 1.55.